The summed E-state index contributed by atoms with van der Waals surface area (Å²) in [5.41, 5.74) is 11.9. The van der Waals surface area contributed by atoms with Crippen molar-refractivity contribution in [2.45, 2.75) is 82.8 Å². The van der Waals surface area contributed by atoms with Gasteiger partial charge in [0.25, 0.3) is 8.32 Å². The molecule has 0 heterocycles. The van der Waals surface area contributed by atoms with Gasteiger partial charge in [0.2, 0.25) is 0 Å². The van der Waals surface area contributed by atoms with Crippen LogP contribution in [0, 0.1) is 0 Å². The van der Waals surface area contributed by atoms with Crippen molar-refractivity contribution in [3.8, 4) is 11.1 Å². The van der Waals surface area contributed by atoms with E-state index in [1.807, 2.05) is 24.3 Å². The lowest BCUT2D eigenvalue weighted by Crippen LogP contribution is -2.70. The van der Waals surface area contributed by atoms with E-state index in [-0.39, 0.29) is 29.1 Å². The molecule has 0 spiro atoms. The summed E-state index contributed by atoms with van der Waals surface area (Å²) < 4.78 is 20.4. The van der Waals surface area contributed by atoms with Gasteiger partial charge in [-0.05, 0) is 55.8 Å². The summed E-state index contributed by atoms with van der Waals surface area (Å²) in [6.45, 7) is 18.7. The van der Waals surface area contributed by atoms with E-state index in [1.165, 1.54) is 22.3 Å². The zero-order valence-electron chi connectivity index (χ0n) is 31.4. The Morgan fingerprint density at radius 3 is 1.66 bits per heavy atom. The van der Waals surface area contributed by atoms with Crippen molar-refractivity contribution in [1.82, 2.24) is 4.90 Å². The van der Waals surface area contributed by atoms with Crippen LogP contribution in [0.25, 0.3) is 11.1 Å². The van der Waals surface area contributed by atoms with Gasteiger partial charge in [0.05, 0.1) is 25.3 Å². The standard InChI is InChI=1S/C42H56N2O4Si2/c1-41(2,3)49(8,9)47-30-38(43)39(48-50(42(4,5)6,31-20-12-10-13-21-31)32-22-14-11-15-23-32)28-44(7)40(45)46-29-37-35-26-18-16-24-33(35)34-25-17-19-27-36(34)37/h10-27,37-39H,28-30,43H2,1-9H3. The number of nitrogens with two attached hydrogens (primary N) is 1. The molecule has 2 N–H and O–H groups in total. The summed E-state index contributed by atoms with van der Waals surface area (Å²) >= 11 is 0. The summed E-state index contributed by atoms with van der Waals surface area (Å²) in [5.74, 6) is -0.0239. The summed E-state index contributed by atoms with van der Waals surface area (Å²) in [7, 11) is -3.34. The number of rotatable bonds is 12. The fraction of sp³-hybridized carbons (Fsp3) is 0.405. The van der Waals surface area contributed by atoms with Crippen LogP contribution in [-0.4, -0.2) is 66.6 Å². The minimum Gasteiger partial charge on any atom is -0.448 e. The Morgan fingerprint density at radius 1 is 0.740 bits per heavy atom. The van der Waals surface area contributed by atoms with Crippen LogP contribution in [-0.2, 0) is 13.6 Å². The molecule has 0 fully saturated rings. The van der Waals surface area contributed by atoms with E-state index >= 15 is 0 Å². The van der Waals surface area contributed by atoms with Gasteiger partial charge in [0.1, 0.15) is 6.61 Å². The second kappa shape index (κ2) is 15.0. The molecule has 1 aliphatic carbocycles. The molecule has 0 saturated heterocycles. The zero-order valence-corrected chi connectivity index (χ0v) is 33.4. The van der Waals surface area contributed by atoms with E-state index in [4.69, 9.17) is 19.3 Å². The Bertz CT molecular complexity index is 1650. The Kier molecular flexibility index (Phi) is 11.3. The maximum atomic E-state index is 13.8. The first-order chi connectivity index (χ1) is 23.6. The molecule has 0 aromatic heterocycles. The van der Waals surface area contributed by atoms with Gasteiger partial charge < -0.3 is 24.2 Å². The van der Waals surface area contributed by atoms with Crippen molar-refractivity contribution in [1.29, 1.82) is 0 Å². The molecule has 8 heteroatoms. The van der Waals surface area contributed by atoms with E-state index in [0.717, 1.165) is 10.4 Å². The van der Waals surface area contributed by atoms with Gasteiger partial charge in [-0.2, -0.15) is 0 Å². The first kappa shape index (κ1) is 37.7. The number of ether oxygens (including phenoxy) is 1. The second-order valence-electron chi connectivity index (χ2n) is 16.2. The van der Waals surface area contributed by atoms with Crippen molar-refractivity contribution >= 4 is 33.1 Å². The van der Waals surface area contributed by atoms with Crippen LogP contribution >= 0.6 is 0 Å². The zero-order chi connectivity index (χ0) is 36.3. The number of benzene rings is 4. The Balaban J connectivity index is 1.45. The molecule has 1 amide bonds. The number of hydrogen-bond donors (Lipinski definition) is 1. The smallest absolute Gasteiger partial charge is 0.409 e. The molecule has 266 valence electrons. The predicted molar refractivity (Wildman–Crippen MR) is 211 cm³/mol. The van der Waals surface area contributed by atoms with Gasteiger partial charge in [-0.25, -0.2) is 4.79 Å². The maximum absolute atomic E-state index is 13.8. The highest BCUT2D eigenvalue weighted by Crippen LogP contribution is 2.45. The molecule has 2 atom stereocenters. The van der Waals surface area contributed by atoms with Gasteiger partial charge in [0, 0.05) is 13.0 Å². The van der Waals surface area contributed by atoms with Crippen LogP contribution in [0.3, 0.4) is 0 Å². The molecular formula is C42H56N2O4Si2. The highest BCUT2D eigenvalue weighted by Gasteiger charge is 2.52. The molecular weight excluding hydrogens is 653 g/mol. The third-order valence-corrected chi connectivity index (χ3v) is 20.3. The van der Waals surface area contributed by atoms with E-state index in [0.29, 0.717) is 6.61 Å². The van der Waals surface area contributed by atoms with E-state index in [2.05, 4.69) is 140 Å². The van der Waals surface area contributed by atoms with E-state index in [1.54, 1.807) is 11.9 Å². The number of fused-ring (bicyclic) bond motifs is 3. The molecule has 0 radical (unpaired) electrons. The molecule has 0 bridgehead atoms. The summed E-state index contributed by atoms with van der Waals surface area (Å²) in [5, 5.41) is 2.07. The summed E-state index contributed by atoms with van der Waals surface area (Å²) in [4.78, 5) is 15.5. The SMILES string of the molecule is CN(CC(O[Si](c1ccccc1)(c1ccccc1)C(C)(C)C)C(N)CO[Si](C)(C)C(C)(C)C)C(=O)OCC1c2ccccc2-c2ccccc21. The number of hydrogen-bond acceptors (Lipinski definition) is 5. The first-order valence-corrected chi connectivity index (χ1v) is 22.6. The van der Waals surface area contributed by atoms with Gasteiger partial charge in [-0.3, -0.25) is 0 Å². The van der Waals surface area contributed by atoms with Crippen molar-refractivity contribution in [3.05, 3.63) is 120 Å². The maximum Gasteiger partial charge on any atom is 0.409 e. The number of carbonyl (C=O) groups excluding carboxylic acids is 1. The van der Waals surface area contributed by atoms with Gasteiger partial charge in [-0.15, -0.1) is 0 Å². The van der Waals surface area contributed by atoms with Crippen LogP contribution in [0.1, 0.15) is 58.6 Å². The molecule has 6 nitrogen and oxygen atoms in total. The molecule has 0 aliphatic heterocycles. The number of nitrogens with zero attached hydrogens (tertiary/aromatic N) is 1. The van der Waals surface area contributed by atoms with E-state index in [9.17, 15) is 4.79 Å². The average Bonchev–Trinajstić information content (AvgIpc) is 3.41. The molecule has 5 rings (SSSR count). The second-order valence-corrected chi connectivity index (χ2v) is 25.3. The highest BCUT2D eigenvalue weighted by atomic mass is 28.4. The quantitative estimate of drug-likeness (QED) is 0.150. The molecule has 1 aliphatic rings. The van der Waals surface area contributed by atoms with Crippen LogP contribution in [0.15, 0.2) is 109 Å². The topological polar surface area (TPSA) is 74.0 Å². The lowest BCUT2D eigenvalue weighted by Gasteiger charge is -2.47. The number of likely N-dealkylation sites (N-methyl/N-ethyl adjacent to an activating group) is 1. The summed E-state index contributed by atoms with van der Waals surface area (Å²) in [6, 6.07) is 37.3. The monoisotopic (exact) mass is 708 g/mol. The highest BCUT2D eigenvalue weighted by molar-refractivity contribution is 6.99. The fourth-order valence-corrected chi connectivity index (χ4v) is 12.6. The lowest BCUT2D eigenvalue weighted by molar-refractivity contribution is 0.0686. The molecule has 50 heavy (non-hydrogen) atoms. The van der Waals surface area contributed by atoms with Gasteiger partial charge in [0.15, 0.2) is 8.32 Å². The largest absolute Gasteiger partial charge is 0.448 e. The molecule has 2 unspecified atom stereocenters. The lowest BCUT2D eigenvalue weighted by atomic mass is 9.98. The first-order valence-electron chi connectivity index (χ1n) is 17.8. The van der Waals surface area contributed by atoms with E-state index < -0.39 is 34.9 Å². The van der Waals surface area contributed by atoms with Crippen LogP contribution in [0.5, 0.6) is 0 Å². The minimum absolute atomic E-state index is 0.0239. The van der Waals surface area contributed by atoms with Gasteiger partial charge in [-0.1, -0.05) is 151 Å². The van der Waals surface area contributed by atoms with Crippen LogP contribution < -0.4 is 16.1 Å². The molecule has 0 saturated carbocycles. The Labute approximate surface area is 302 Å². The fourth-order valence-electron chi connectivity index (χ4n) is 6.86. The Morgan fingerprint density at radius 2 is 1.20 bits per heavy atom. The average molecular weight is 709 g/mol. The van der Waals surface area contributed by atoms with Crippen molar-refractivity contribution in [3.63, 3.8) is 0 Å². The van der Waals surface area contributed by atoms with Crippen molar-refractivity contribution in [2.24, 2.45) is 5.73 Å². The minimum atomic E-state index is -3.01. The van der Waals surface area contributed by atoms with Crippen LogP contribution in [0.4, 0.5) is 4.79 Å². The Hall–Kier alpha value is -3.54. The third kappa shape index (κ3) is 7.70. The number of amides is 1. The van der Waals surface area contributed by atoms with Crippen molar-refractivity contribution in [2.75, 3.05) is 26.8 Å². The van der Waals surface area contributed by atoms with Crippen molar-refractivity contribution < 1.29 is 18.4 Å². The van der Waals surface area contributed by atoms with Gasteiger partial charge >= 0.3 is 6.09 Å². The normalized spacial score (nSPS) is 14.8. The predicted octanol–water partition coefficient (Wildman–Crippen LogP) is 8.16. The molecule has 4 aromatic carbocycles. The van der Waals surface area contributed by atoms with Crippen LogP contribution in [0.2, 0.25) is 23.2 Å². The molecule has 4 aromatic rings. The third-order valence-electron chi connectivity index (χ3n) is 10.8. The summed E-state index contributed by atoms with van der Waals surface area (Å²) in [6.07, 6.45) is -0.933. The number of carbonyl (C=O) groups is 1.